The highest BCUT2D eigenvalue weighted by molar-refractivity contribution is 7.98. The van der Waals surface area contributed by atoms with Crippen molar-refractivity contribution >= 4 is 35.0 Å². The van der Waals surface area contributed by atoms with Gasteiger partial charge < -0.3 is 5.32 Å². The van der Waals surface area contributed by atoms with Crippen LogP contribution in [0.25, 0.3) is 0 Å². The molecule has 1 amide bonds. The third-order valence-electron chi connectivity index (χ3n) is 3.72. The number of halogens is 1. The highest BCUT2D eigenvalue weighted by Gasteiger charge is 2.08. The van der Waals surface area contributed by atoms with Crippen LogP contribution in [0.2, 0.25) is 5.02 Å². The van der Waals surface area contributed by atoms with Crippen LogP contribution < -0.4 is 5.32 Å². The number of nitrogens with zero attached hydrogens (tertiary/aromatic N) is 1. The summed E-state index contributed by atoms with van der Waals surface area (Å²) < 4.78 is 0. The fourth-order valence-corrected chi connectivity index (χ4v) is 3.22. The zero-order valence-electron chi connectivity index (χ0n) is 13.7. The van der Waals surface area contributed by atoms with Crippen molar-refractivity contribution in [2.24, 2.45) is 0 Å². The van der Waals surface area contributed by atoms with Gasteiger partial charge in [0.25, 0.3) is 5.91 Å². The summed E-state index contributed by atoms with van der Waals surface area (Å²) in [5.41, 5.74) is 3.51. The zero-order chi connectivity index (χ0) is 17.6. The minimum Gasteiger partial charge on any atom is -0.320 e. The van der Waals surface area contributed by atoms with Crippen LogP contribution in [0.1, 0.15) is 21.5 Å². The molecule has 0 saturated carbocycles. The Morgan fingerprint density at radius 3 is 2.48 bits per heavy atom. The molecule has 0 spiro atoms. The van der Waals surface area contributed by atoms with Gasteiger partial charge in [0.1, 0.15) is 0 Å². The van der Waals surface area contributed by atoms with Crippen LogP contribution in [0, 0.1) is 6.92 Å². The van der Waals surface area contributed by atoms with Gasteiger partial charge in [0.05, 0.1) is 11.9 Å². The molecule has 0 aliphatic heterocycles. The molecule has 0 bridgehead atoms. The number of amides is 1. The van der Waals surface area contributed by atoms with E-state index in [1.807, 2.05) is 61.5 Å². The SMILES string of the molecule is Cc1ccncc1NC(=O)c1ccc(CSc2ccc(Cl)cc2)cc1. The van der Waals surface area contributed by atoms with Crippen molar-refractivity contribution < 1.29 is 4.79 Å². The molecule has 25 heavy (non-hydrogen) atoms. The first-order valence-electron chi connectivity index (χ1n) is 7.81. The van der Waals surface area contributed by atoms with Gasteiger partial charge in [-0.3, -0.25) is 9.78 Å². The first kappa shape index (κ1) is 17.5. The number of hydrogen-bond acceptors (Lipinski definition) is 3. The van der Waals surface area contributed by atoms with Gasteiger partial charge in [-0.1, -0.05) is 23.7 Å². The molecule has 3 aromatic rings. The number of carbonyl (C=O) groups is 1. The molecule has 0 unspecified atom stereocenters. The molecule has 0 aliphatic carbocycles. The number of aryl methyl sites for hydroxylation is 1. The Balaban J connectivity index is 1.60. The predicted octanol–water partition coefficient (Wildman–Crippen LogP) is 5.59. The van der Waals surface area contributed by atoms with Crippen LogP contribution in [0.3, 0.4) is 0 Å². The maximum atomic E-state index is 12.3. The molecule has 0 aliphatic rings. The highest BCUT2D eigenvalue weighted by atomic mass is 35.5. The van der Waals surface area contributed by atoms with E-state index >= 15 is 0 Å². The summed E-state index contributed by atoms with van der Waals surface area (Å²) in [5.74, 6) is 0.707. The minimum atomic E-state index is -0.131. The lowest BCUT2D eigenvalue weighted by atomic mass is 10.1. The lowest BCUT2D eigenvalue weighted by molar-refractivity contribution is 0.102. The van der Waals surface area contributed by atoms with Crippen LogP contribution in [-0.4, -0.2) is 10.9 Å². The number of thioether (sulfide) groups is 1. The maximum Gasteiger partial charge on any atom is 0.255 e. The first-order chi connectivity index (χ1) is 12.1. The van der Waals surface area contributed by atoms with Gasteiger partial charge in [-0.05, 0) is 60.5 Å². The fraction of sp³-hybridized carbons (Fsp3) is 0.100. The number of pyridine rings is 1. The van der Waals surface area contributed by atoms with Crippen molar-refractivity contribution in [2.45, 2.75) is 17.6 Å². The number of aromatic nitrogens is 1. The molecule has 0 saturated heterocycles. The summed E-state index contributed by atoms with van der Waals surface area (Å²) in [6.07, 6.45) is 3.36. The van der Waals surface area contributed by atoms with E-state index in [4.69, 9.17) is 11.6 Å². The van der Waals surface area contributed by atoms with Crippen LogP contribution >= 0.6 is 23.4 Å². The van der Waals surface area contributed by atoms with Crippen molar-refractivity contribution in [1.29, 1.82) is 0 Å². The van der Waals surface area contributed by atoms with Crippen LogP contribution in [0.4, 0.5) is 5.69 Å². The average molecular weight is 369 g/mol. The average Bonchev–Trinajstić information content (AvgIpc) is 2.63. The molecular formula is C20H17ClN2OS. The zero-order valence-corrected chi connectivity index (χ0v) is 15.3. The lowest BCUT2D eigenvalue weighted by Gasteiger charge is -2.08. The van der Waals surface area contributed by atoms with Crippen molar-refractivity contribution in [1.82, 2.24) is 4.98 Å². The number of benzene rings is 2. The normalized spacial score (nSPS) is 10.5. The van der Waals surface area contributed by atoms with Crippen molar-refractivity contribution in [3.05, 3.63) is 88.7 Å². The first-order valence-corrected chi connectivity index (χ1v) is 9.17. The Morgan fingerprint density at radius 2 is 1.80 bits per heavy atom. The van der Waals surface area contributed by atoms with Crippen LogP contribution in [-0.2, 0) is 5.75 Å². The molecule has 5 heteroatoms. The van der Waals surface area contributed by atoms with Gasteiger partial charge in [0.15, 0.2) is 0 Å². The van der Waals surface area contributed by atoms with Gasteiger partial charge in [-0.2, -0.15) is 0 Å². The van der Waals surface area contributed by atoms with Gasteiger partial charge in [0, 0.05) is 27.4 Å². The highest BCUT2D eigenvalue weighted by Crippen LogP contribution is 2.24. The largest absolute Gasteiger partial charge is 0.320 e. The number of anilines is 1. The number of carbonyl (C=O) groups excluding carboxylic acids is 1. The van der Waals surface area contributed by atoms with E-state index in [1.165, 1.54) is 4.90 Å². The molecule has 0 atom stereocenters. The molecule has 3 rings (SSSR count). The van der Waals surface area contributed by atoms with E-state index < -0.39 is 0 Å². The molecule has 0 radical (unpaired) electrons. The number of nitrogens with one attached hydrogen (secondary N) is 1. The third kappa shape index (κ3) is 4.84. The molecule has 1 aromatic heterocycles. The van der Waals surface area contributed by atoms with E-state index in [0.29, 0.717) is 5.56 Å². The molecular weight excluding hydrogens is 352 g/mol. The molecule has 3 nitrogen and oxygen atoms in total. The standard InChI is InChI=1S/C20H17ClN2OS/c1-14-10-11-22-12-19(14)23-20(24)16-4-2-15(3-5-16)13-25-18-8-6-17(21)7-9-18/h2-12H,13H2,1H3,(H,23,24). The second-order valence-corrected chi connectivity index (χ2v) is 7.07. The second kappa shape index (κ2) is 8.19. The Hall–Kier alpha value is -2.30. The van der Waals surface area contributed by atoms with Crippen LogP contribution in [0.5, 0.6) is 0 Å². The quantitative estimate of drug-likeness (QED) is 0.597. The molecule has 0 fully saturated rings. The Labute approximate surface area is 156 Å². The fourth-order valence-electron chi connectivity index (χ4n) is 2.24. The van der Waals surface area contributed by atoms with Crippen molar-refractivity contribution in [3.63, 3.8) is 0 Å². The van der Waals surface area contributed by atoms with E-state index in [9.17, 15) is 4.79 Å². The van der Waals surface area contributed by atoms with Gasteiger partial charge in [-0.25, -0.2) is 0 Å². The van der Waals surface area contributed by atoms with Crippen molar-refractivity contribution in [2.75, 3.05) is 5.32 Å². The smallest absolute Gasteiger partial charge is 0.255 e. The molecule has 2 aromatic carbocycles. The summed E-state index contributed by atoms with van der Waals surface area (Å²) in [7, 11) is 0. The van der Waals surface area contributed by atoms with E-state index in [2.05, 4.69) is 10.3 Å². The van der Waals surface area contributed by atoms with E-state index in [0.717, 1.165) is 27.6 Å². The van der Waals surface area contributed by atoms with Gasteiger partial charge in [0.2, 0.25) is 0 Å². The molecule has 126 valence electrons. The number of rotatable bonds is 5. The Bertz CT molecular complexity index is 864. The maximum absolute atomic E-state index is 12.3. The topological polar surface area (TPSA) is 42.0 Å². The summed E-state index contributed by atoms with van der Waals surface area (Å²) in [6.45, 7) is 1.94. The summed E-state index contributed by atoms with van der Waals surface area (Å²) in [4.78, 5) is 17.5. The van der Waals surface area contributed by atoms with E-state index in [-0.39, 0.29) is 5.91 Å². The predicted molar refractivity (Wildman–Crippen MR) is 104 cm³/mol. The van der Waals surface area contributed by atoms with Crippen molar-refractivity contribution in [3.8, 4) is 0 Å². The lowest BCUT2D eigenvalue weighted by Crippen LogP contribution is -2.12. The minimum absolute atomic E-state index is 0.131. The molecule has 1 N–H and O–H groups in total. The summed E-state index contributed by atoms with van der Waals surface area (Å²) in [5, 5.41) is 3.63. The monoisotopic (exact) mass is 368 g/mol. The summed E-state index contributed by atoms with van der Waals surface area (Å²) >= 11 is 7.63. The van der Waals surface area contributed by atoms with Gasteiger partial charge in [-0.15, -0.1) is 11.8 Å². The summed E-state index contributed by atoms with van der Waals surface area (Å²) in [6, 6.07) is 17.3. The van der Waals surface area contributed by atoms with Gasteiger partial charge >= 0.3 is 0 Å². The van der Waals surface area contributed by atoms with E-state index in [1.54, 1.807) is 24.2 Å². The Morgan fingerprint density at radius 1 is 1.08 bits per heavy atom. The Kier molecular flexibility index (Phi) is 5.74. The molecule has 1 heterocycles. The number of hydrogen-bond donors (Lipinski definition) is 1. The second-order valence-electron chi connectivity index (χ2n) is 5.58. The third-order valence-corrected chi connectivity index (χ3v) is 5.06. The van der Waals surface area contributed by atoms with Crippen LogP contribution in [0.15, 0.2) is 71.9 Å².